The lowest BCUT2D eigenvalue weighted by Gasteiger charge is -2.05. The van der Waals surface area contributed by atoms with E-state index in [1.165, 1.54) is 29.5 Å². The highest BCUT2D eigenvalue weighted by atomic mass is 35.5. The summed E-state index contributed by atoms with van der Waals surface area (Å²) in [6, 6.07) is 10.1. The number of hydrogen-bond acceptors (Lipinski definition) is 3. The van der Waals surface area contributed by atoms with Crippen LogP contribution >= 0.6 is 22.9 Å². The van der Waals surface area contributed by atoms with Crippen molar-refractivity contribution in [3.63, 3.8) is 0 Å². The van der Waals surface area contributed by atoms with Gasteiger partial charge in [-0.2, -0.15) is 4.99 Å². The van der Waals surface area contributed by atoms with Crippen molar-refractivity contribution in [3.8, 4) is 0 Å². The van der Waals surface area contributed by atoms with E-state index >= 15 is 0 Å². The first-order chi connectivity index (χ1) is 12.0. The highest BCUT2D eigenvalue weighted by Gasteiger charge is 2.16. The summed E-state index contributed by atoms with van der Waals surface area (Å²) in [4.78, 5) is 17.1. The average Bonchev–Trinajstić information content (AvgIpc) is 2.88. The molecule has 1 amide bonds. The van der Waals surface area contributed by atoms with E-state index < -0.39 is 11.7 Å². The van der Waals surface area contributed by atoms with Crippen LogP contribution in [-0.2, 0) is 11.3 Å². The fraction of sp³-hybridized carbons (Fsp3) is 0.222. The zero-order chi connectivity index (χ0) is 18.0. The number of amides is 1. The molecule has 0 aliphatic rings. The summed E-state index contributed by atoms with van der Waals surface area (Å²) < 4.78 is 22.0. The second kappa shape index (κ2) is 7.47. The first-order valence-electron chi connectivity index (χ1n) is 7.63. The molecule has 0 atom stereocenters. The Labute approximate surface area is 153 Å². The Morgan fingerprint density at radius 1 is 1.36 bits per heavy atom. The van der Waals surface area contributed by atoms with Gasteiger partial charge in [0.25, 0.3) is 5.91 Å². The van der Waals surface area contributed by atoms with Gasteiger partial charge < -0.3 is 9.30 Å². The number of ether oxygens (including phenoxy) is 1. The first-order valence-corrected chi connectivity index (χ1v) is 8.82. The molecule has 0 saturated carbocycles. The van der Waals surface area contributed by atoms with E-state index in [0.29, 0.717) is 18.0 Å². The highest BCUT2D eigenvalue weighted by Crippen LogP contribution is 2.21. The molecule has 25 heavy (non-hydrogen) atoms. The minimum absolute atomic E-state index is 0.0501. The van der Waals surface area contributed by atoms with E-state index in [1.807, 2.05) is 29.7 Å². The third-order valence-electron chi connectivity index (χ3n) is 3.73. The van der Waals surface area contributed by atoms with Crippen LogP contribution in [0.2, 0.25) is 5.02 Å². The number of nitrogens with zero attached hydrogens (tertiary/aromatic N) is 2. The minimum atomic E-state index is -0.697. The molecule has 3 rings (SSSR count). The number of aromatic nitrogens is 1. The van der Waals surface area contributed by atoms with E-state index in [1.54, 1.807) is 7.11 Å². The summed E-state index contributed by atoms with van der Waals surface area (Å²) in [7, 11) is 1.61. The molecule has 0 spiro atoms. The molecule has 1 aromatic heterocycles. The van der Waals surface area contributed by atoms with Crippen LogP contribution in [0.1, 0.15) is 15.9 Å². The van der Waals surface area contributed by atoms with Crippen molar-refractivity contribution in [2.75, 3.05) is 13.7 Å². The van der Waals surface area contributed by atoms with Crippen molar-refractivity contribution in [1.29, 1.82) is 0 Å². The lowest BCUT2D eigenvalue weighted by molar-refractivity contribution is 0.0993. The van der Waals surface area contributed by atoms with Crippen LogP contribution in [-0.4, -0.2) is 24.2 Å². The van der Waals surface area contributed by atoms with Crippen LogP contribution in [0.4, 0.5) is 4.39 Å². The largest absolute Gasteiger partial charge is 0.383 e. The Kier molecular flexibility index (Phi) is 5.32. The summed E-state index contributed by atoms with van der Waals surface area (Å²) in [5.74, 6) is -1.38. The van der Waals surface area contributed by atoms with Crippen molar-refractivity contribution < 1.29 is 13.9 Å². The summed E-state index contributed by atoms with van der Waals surface area (Å²) in [5.41, 5.74) is 1.86. The van der Waals surface area contributed by atoms with Crippen LogP contribution in [0.3, 0.4) is 0 Å². The van der Waals surface area contributed by atoms with Crippen molar-refractivity contribution >= 4 is 39.1 Å². The fourth-order valence-corrected chi connectivity index (χ4v) is 3.91. The van der Waals surface area contributed by atoms with Crippen molar-refractivity contribution in [3.05, 3.63) is 63.2 Å². The van der Waals surface area contributed by atoms with Crippen molar-refractivity contribution in [2.24, 2.45) is 4.99 Å². The molecule has 0 aliphatic carbocycles. The Bertz CT molecular complexity index is 990. The number of thiazole rings is 1. The number of rotatable bonds is 4. The van der Waals surface area contributed by atoms with Gasteiger partial charge >= 0.3 is 0 Å². The third kappa shape index (κ3) is 3.66. The van der Waals surface area contributed by atoms with Gasteiger partial charge in [-0.1, -0.05) is 35.1 Å². The molecule has 2 aromatic carbocycles. The molecule has 0 radical (unpaired) electrons. The number of halogens is 2. The monoisotopic (exact) mass is 378 g/mol. The van der Waals surface area contributed by atoms with Gasteiger partial charge in [-0.05, 0) is 36.8 Å². The van der Waals surface area contributed by atoms with E-state index in [-0.39, 0.29) is 10.6 Å². The molecule has 0 unspecified atom stereocenters. The van der Waals surface area contributed by atoms with Crippen LogP contribution < -0.4 is 4.80 Å². The van der Waals surface area contributed by atoms with Crippen molar-refractivity contribution in [1.82, 2.24) is 4.57 Å². The summed E-state index contributed by atoms with van der Waals surface area (Å²) >= 11 is 7.35. The number of benzene rings is 2. The molecule has 130 valence electrons. The first kappa shape index (κ1) is 17.8. The molecular weight excluding hydrogens is 363 g/mol. The number of carbonyl (C=O) groups is 1. The predicted octanol–water partition coefficient (Wildman–Crippen LogP) is 4.19. The maximum atomic E-state index is 14.0. The fourth-order valence-electron chi connectivity index (χ4n) is 2.51. The maximum absolute atomic E-state index is 14.0. The quantitative estimate of drug-likeness (QED) is 0.683. The van der Waals surface area contributed by atoms with Crippen LogP contribution in [0.5, 0.6) is 0 Å². The Morgan fingerprint density at radius 2 is 2.16 bits per heavy atom. The second-order valence-corrected chi connectivity index (χ2v) is 6.93. The minimum Gasteiger partial charge on any atom is -0.383 e. The summed E-state index contributed by atoms with van der Waals surface area (Å²) in [6.45, 7) is 3.01. The van der Waals surface area contributed by atoms with Gasteiger partial charge in [0, 0.05) is 13.7 Å². The number of methoxy groups -OCH3 is 1. The smallest absolute Gasteiger partial charge is 0.284 e. The van der Waals surface area contributed by atoms with Gasteiger partial charge in [-0.3, -0.25) is 4.79 Å². The van der Waals surface area contributed by atoms with Gasteiger partial charge in [0.1, 0.15) is 5.82 Å². The SMILES string of the molecule is COCCn1c(=NC(=O)c2c(F)cccc2Cl)sc2cc(C)ccc21. The number of aryl methyl sites for hydroxylation is 1. The van der Waals surface area contributed by atoms with E-state index in [0.717, 1.165) is 15.8 Å². The van der Waals surface area contributed by atoms with Gasteiger partial charge in [-0.25, -0.2) is 4.39 Å². The van der Waals surface area contributed by atoms with Crippen LogP contribution in [0, 0.1) is 12.7 Å². The van der Waals surface area contributed by atoms with Gasteiger partial charge in [-0.15, -0.1) is 0 Å². The zero-order valence-corrected chi connectivity index (χ0v) is 15.3. The zero-order valence-electron chi connectivity index (χ0n) is 13.8. The number of fused-ring (bicyclic) bond motifs is 1. The number of hydrogen-bond donors (Lipinski definition) is 0. The van der Waals surface area contributed by atoms with Gasteiger partial charge in [0.15, 0.2) is 4.80 Å². The van der Waals surface area contributed by atoms with E-state index in [9.17, 15) is 9.18 Å². The summed E-state index contributed by atoms with van der Waals surface area (Å²) in [6.07, 6.45) is 0. The molecule has 0 saturated heterocycles. The topological polar surface area (TPSA) is 43.6 Å². The van der Waals surface area contributed by atoms with Crippen LogP contribution in [0.15, 0.2) is 41.4 Å². The van der Waals surface area contributed by atoms with Crippen LogP contribution in [0.25, 0.3) is 10.2 Å². The lowest BCUT2D eigenvalue weighted by Crippen LogP contribution is -2.19. The molecule has 3 aromatic rings. The lowest BCUT2D eigenvalue weighted by atomic mass is 10.2. The highest BCUT2D eigenvalue weighted by molar-refractivity contribution is 7.16. The predicted molar refractivity (Wildman–Crippen MR) is 97.7 cm³/mol. The van der Waals surface area contributed by atoms with Crippen molar-refractivity contribution in [2.45, 2.75) is 13.5 Å². The molecule has 4 nitrogen and oxygen atoms in total. The molecule has 0 aliphatic heterocycles. The Hall–Kier alpha value is -2.02. The molecule has 0 N–H and O–H groups in total. The van der Waals surface area contributed by atoms with E-state index in [4.69, 9.17) is 16.3 Å². The molecular formula is C18H16ClFN2O2S. The molecule has 0 fully saturated rings. The number of carbonyl (C=O) groups excluding carboxylic acids is 1. The molecule has 0 bridgehead atoms. The molecule has 1 heterocycles. The third-order valence-corrected chi connectivity index (χ3v) is 5.09. The second-order valence-electron chi connectivity index (χ2n) is 5.51. The maximum Gasteiger partial charge on any atom is 0.284 e. The Morgan fingerprint density at radius 3 is 2.88 bits per heavy atom. The standard InChI is InChI=1S/C18H16ClFN2O2S/c1-11-6-7-14-15(10-11)25-18(22(14)8-9-24-2)21-17(23)16-12(19)4-3-5-13(16)20/h3-7,10H,8-9H2,1-2H3. The van der Waals surface area contributed by atoms with E-state index in [2.05, 4.69) is 4.99 Å². The van der Waals surface area contributed by atoms with Gasteiger partial charge in [0.2, 0.25) is 0 Å². The average molecular weight is 379 g/mol. The molecule has 7 heteroatoms. The normalized spacial score (nSPS) is 12.1. The van der Waals surface area contributed by atoms with Gasteiger partial charge in [0.05, 0.1) is 27.4 Å². The Balaban J connectivity index is 2.16. The summed E-state index contributed by atoms with van der Waals surface area (Å²) in [5, 5.41) is 0.0501.